The number of carbonyl (C=O) groups excluding carboxylic acids is 2. The van der Waals surface area contributed by atoms with Crippen molar-refractivity contribution in [3.8, 4) is 0 Å². The van der Waals surface area contributed by atoms with Gasteiger partial charge in [-0.05, 0) is 37.1 Å². The minimum atomic E-state index is -1.20. The lowest BCUT2D eigenvalue weighted by Crippen LogP contribution is -2.41. The molecule has 2 amide bonds. The van der Waals surface area contributed by atoms with Crippen LogP contribution in [0.25, 0.3) is 0 Å². The lowest BCUT2D eigenvalue weighted by atomic mass is 10.1. The first kappa shape index (κ1) is 16.5. The first-order valence-corrected chi connectivity index (χ1v) is 6.45. The van der Waals surface area contributed by atoms with Gasteiger partial charge in [0.15, 0.2) is 0 Å². The Balaban J connectivity index is 2.79. The second-order valence-electron chi connectivity index (χ2n) is 4.65. The van der Waals surface area contributed by atoms with Gasteiger partial charge in [-0.25, -0.2) is 4.79 Å². The van der Waals surface area contributed by atoms with Gasteiger partial charge in [0.2, 0.25) is 5.91 Å². The molecule has 0 unspecified atom stereocenters. The maximum absolute atomic E-state index is 12.0. The van der Waals surface area contributed by atoms with E-state index in [2.05, 4.69) is 10.6 Å². The average molecular weight is 293 g/mol. The number of carbonyl (C=O) groups is 3. The zero-order valence-corrected chi connectivity index (χ0v) is 12.0. The van der Waals surface area contributed by atoms with E-state index in [4.69, 9.17) is 10.8 Å². The summed E-state index contributed by atoms with van der Waals surface area (Å²) in [6, 6.07) is 3.85. The molecule has 21 heavy (non-hydrogen) atoms. The van der Waals surface area contributed by atoms with Gasteiger partial charge in [-0.15, -0.1) is 0 Å². The molecule has 0 fully saturated rings. The van der Waals surface area contributed by atoms with Crippen LogP contribution in [-0.2, 0) is 9.59 Å². The number of aryl methyl sites for hydroxylation is 1. The lowest BCUT2D eigenvalue weighted by Gasteiger charge is -2.14. The van der Waals surface area contributed by atoms with Gasteiger partial charge < -0.3 is 21.5 Å². The predicted octanol–water partition coefficient (Wildman–Crippen LogP) is 0.485. The van der Waals surface area contributed by atoms with Gasteiger partial charge in [0.05, 0.1) is 0 Å². The highest BCUT2D eigenvalue weighted by atomic mass is 16.4. The topological polar surface area (TPSA) is 122 Å². The third-order valence-electron chi connectivity index (χ3n) is 3.04. The number of hydrogen-bond donors (Lipinski definition) is 4. The third kappa shape index (κ3) is 4.79. The number of carboxylic acid groups (broad SMARTS) is 1. The largest absolute Gasteiger partial charge is 0.480 e. The molecular formula is C14H19N3O4. The van der Waals surface area contributed by atoms with Crippen LogP contribution in [-0.4, -0.2) is 36.0 Å². The Labute approximate surface area is 122 Å². The summed E-state index contributed by atoms with van der Waals surface area (Å²) >= 11 is 0. The molecule has 5 N–H and O–H groups in total. The minimum absolute atomic E-state index is 0.0377. The van der Waals surface area contributed by atoms with Gasteiger partial charge in [-0.2, -0.15) is 0 Å². The van der Waals surface area contributed by atoms with Gasteiger partial charge >= 0.3 is 5.97 Å². The molecule has 0 aromatic heterocycles. The van der Waals surface area contributed by atoms with Crippen LogP contribution in [0.2, 0.25) is 0 Å². The molecule has 0 heterocycles. The number of amides is 2. The number of hydrogen-bond acceptors (Lipinski definition) is 4. The zero-order valence-electron chi connectivity index (χ0n) is 12.0. The molecule has 7 heteroatoms. The van der Waals surface area contributed by atoms with E-state index < -0.39 is 23.8 Å². The Bertz CT molecular complexity index is 557. The van der Waals surface area contributed by atoms with Crippen LogP contribution in [0.4, 0.5) is 5.69 Å². The molecule has 1 rings (SSSR count). The van der Waals surface area contributed by atoms with Gasteiger partial charge in [0.25, 0.3) is 5.91 Å². The fourth-order valence-electron chi connectivity index (χ4n) is 1.87. The molecular weight excluding hydrogens is 274 g/mol. The van der Waals surface area contributed by atoms with Crippen molar-refractivity contribution in [2.75, 3.05) is 12.4 Å². The van der Waals surface area contributed by atoms with E-state index in [1.165, 1.54) is 0 Å². The van der Waals surface area contributed by atoms with E-state index >= 15 is 0 Å². The highest BCUT2D eigenvalue weighted by Crippen LogP contribution is 2.16. The normalized spacial score (nSPS) is 11.5. The van der Waals surface area contributed by atoms with Crippen LogP contribution in [0.15, 0.2) is 18.2 Å². The van der Waals surface area contributed by atoms with Crippen LogP contribution in [0.3, 0.4) is 0 Å². The molecule has 1 atom stereocenters. The van der Waals surface area contributed by atoms with Crippen LogP contribution in [0.5, 0.6) is 0 Å². The molecule has 114 valence electrons. The number of rotatable bonds is 7. The highest BCUT2D eigenvalue weighted by molar-refractivity contribution is 5.97. The smallest absolute Gasteiger partial charge is 0.326 e. The molecule has 0 aliphatic rings. The number of nitrogens with two attached hydrogens (primary N) is 1. The van der Waals surface area contributed by atoms with E-state index in [0.29, 0.717) is 5.56 Å². The first-order chi connectivity index (χ1) is 9.85. The number of carboxylic acids is 1. The minimum Gasteiger partial charge on any atom is -0.480 e. The van der Waals surface area contributed by atoms with E-state index in [1.807, 2.05) is 6.92 Å². The summed E-state index contributed by atoms with van der Waals surface area (Å²) in [6.45, 7) is 1.84. The Kier molecular flexibility index (Phi) is 5.71. The van der Waals surface area contributed by atoms with Gasteiger partial charge in [0.1, 0.15) is 6.04 Å². The summed E-state index contributed by atoms with van der Waals surface area (Å²) in [5, 5.41) is 14.4. The van der Waals surface area contributed by atoms with Crippen LogP contribution >= 0.6 is 0 Å². The molecule has 0 spiro atoms. The summed E-state index contributed by atoms with van der Waals surface area (Å²) in [5.41, 5.74) is 7.10. The Morgan fingerprint density at radius 2 is 2.00 bits per heavy atom. The lowest BCUT2D eigenvalue weighted by molar-refractivity contribution is -0.139. The SMILES string of the molecule is CNc1ccc(C(=O)N[C@@H](CCC(N)=O)C(=O)O)cc1C. The van der Waals surface area contributed by atoms with Crippen molar-refractivity contribution < 1.29 is 19.5 Å². The van der Waals surface area contributed by atoms with Crippen molar-refractivity contribution in [1.82, 2.24) is 5.32 Å². The van der Waals surface area contributed by atoms with Gasteiger partial charge in [-0.1, -0.05) is 0 Å². The fourth-order valence-corrected chi connectivity index (χ4v) is 1.87. The Morgan fingerprint density at radius 3 is 2.48 bits per heavy atom. The molecule has 0 saturated heterocycles. The first-order valence-electron chi connectivity index (χ1n) is 6.45. The number of benzene rings is 1. The summed E-state index contributed by atoms with van der Waals surface area (Å²) in [4.78, 5) is 33.8. The number of nitrogens with one attached hydrogen (secondary N) is 2. The third-order valence-corrected chi connectivity index (χ3v) is 3.04. The maximum Gasteiger partial charge on any atom is 0.326 e. The van der Waals surface area contributed by atoms with Crippen molar-refractivity contribution in [2.45, 2.75) is 25.8 Å². The number of anilines is 1. The fraction of sp³-hybridized carbons (Fsp3) is 0.357. The van der Waals surface area contributed by atoms with E-state index in [-0.39, 0.29) is 12.8 Å². The van der Waals surface area contributed by atoms with E-state index in [0.717, 1.165) is 11.3 Å². The molecule has 7 nitrogen and oxygen atoms in total. The molecule has 1 aromatic carbocycles. The summed E-state index contributed by atoms with van der Waals surface area (Å²) in [7, 11) is 1.77. The summed E-state index contributed by atoms with van der Waals surface area (Å²) < 4.78 is 0. The van der Waals surface area contributed by atoms with Crippen molar-refractivity contribution in [3.05, 3.63) is 29.3 Å². The highest BCUT2D eigenvalue weighted by Gasteiger charge is 2.21. The van der Waals surface area contributed by atoms with Crippen molar-refractivity contribution in [3.63, 3.8) is 0 Å². The van der Waals surface area contributed by atoms with Gasteiger partial charge in [0, 0.05) is 24.7 Å². The van der Waals surface area contributed by atoms with Crippen LogP contribution in [0.1, 0.15) is 28.8 Å². The van der Waals surface area contributed by atoms with E-state index in [1.54, 1.807) is 25.2 Å². The molecule has 0 radical (unpaired) electrons. The van der Waals surface area contributed by atoms with Crippen molar-refractivity contribution in [2.24, 2.45) is 5.73 Å². The van der Waals surface area contributed by atoms with E-state index in [9.17, 15) is 14.4 Å². The number of primary amides is 1. The predicted molar refractivity (Wildman–Crippen MR) is 78.0 cm³/mol. The molecule has 0 aliphatic carbocycles. The Hall–Kier alpha value is -2.57. The monoisotopic (exact) mass is 293 g/mol. The summed E-state index contributed by atoms with van der Waals surface area (Å²) in [6.07, 6.45) is -0.140. The summed E-state index contributed by atoms with van der Waals surface area (Å²) in [5.74, 6) is -2.31. The molecule has 0 aliphatic heterocycles. The maximum atomic E-state index is 12.0. The Morgan fingerprint density at radius 1 is 1.33 bits per heavy atom. The zero-order chi connectivity index (χ0) is 16.0. The number of aliphatic carboxylic acids is 1. The molecule has 0 bridgehead atoms. The second-order valence-corrected chi connectivity index (χ2v) is 4.65. The average Bonchev–Trinajstić information content (AvgIpc) is 2.42. The standard InChI is InChI=1S/C14H19N3O4/c1-8-7-9(3-4-10(8)16-2)13(19)17-11(14(20)21)5-6-12(15)18/h3-4,7,11,16H,5-6H2,1-2H3,(H2,15,18)(H,17,19)(H,20,21)/t11-/m0/s1. The molecule has 0 saturated carbocycles. The quantitative estimate of drug-likeness (QED) is 0.582. The van der Waals surface area contributed by atoms with Crippen LogP contribution < -0.4 is 16.4 Å². The second kappa shape index (κ2) is 7.28. The molecule has 1 aromatic rings. The van der Waals surface area contributed by atoms with Gasteiger partial charge in [-0.3, -0.25) is 9.59 Å². The van der Waals surface area contributed by atoms with Crippen molar-refractivity contribution in [1.29, 1.82) is 0 Å². The van der Waals surface area contributed by atoms with Crippen LogP contribution in [0, 0.1) is 6.92 Å². The van der Waals surface area contributed by atoms with Crippen molar-refractivity contribution >= 4 is 23.5 Å².